The average Bonchev–Trinajstić information content (AvgIpc) is 2.92. The monoisotopic (exact) mass is 320 g/mol. The first-order valence-corrected chi connectivity index (χ1v) is 7.90. The number of rotatable bonds is 3. The Morgan fingerprint density at radius 1 is 1.23 bits per heavy atom. The molecule has 4 nitrogen and oxygen atoms in total. The van der Waals surface area contributed by atoms with Gasteiger partial charge in [0.1, 0.15) is 11.3 Å². The number of carbonyl (C=O) groups excluding carboxylic acids is 2. The molecule has 0 saturated carbocycles. The number of amides is 1. The molecule has 120 valence electrons. The highest BCUT2D eigenvalue weighted by Gasteiger charge is 2.09. The van der Waals surface area contributed by atoms with Gasteiger partial charge in [0.15, 0.2) is 0 Å². The molecule has 2 aromatic rings. The number of hydrogen-bond donors (Lipinski definition) is 2. The quantitative estimate of drug-likeness (QED) is 0.839. The smallest absolute Gasteiger partial charge is 0.251 e. The van der Waals surface area contributed by atoms with E-state index in [9.17, 15) is 9.59 Å². The van der Waals surface area contributed by atoms with Crippen LogP contribution in [0, 0.1) is 13.8 Å². The Morgan fingerprint density at radius 2 is 1.82 bits per heavy atom. The van der Waals surface area contributed by atoms with Gasteiger partial charge in [-0.05, 0) is 25.5 Å². The third-order valence-corrected chi connectivity index (χ3v) is 3.73. The molecule has 1 aromatic heterocycles. The van der Waals surface area contributed by atoms with E-state index in [2.05, 4.69) is 5.32 Å². The number of thiophene rings is 1. The first-order valence-electron chi connectivity index (χ1n) is 7.08. The highest BCUT2D eigenvalue weighted by molar-refractivity contribution is 7.16. The van der Waals surface area contributed by atoms with Crippen LogP contribution in [-0.4, -0.2) is 19.2 Å². The number of nitrogens with one attached hydrogen (secondary N) is 1. The molecule has 5 heteroatoms. The fourth-order valence-electron chi connectivity index (χ4n) is 1.60. The molecule has 2 rings (SSSR count). The van der Waals surface area contributed by atoms with Crippen molar-refractivity contribution < 1.29 is 9.59 Å². The van der Waals surface area contributed by atoms with Crippen LogP contribution >= 0.6 is 11.3 Å². The van der Waals surface area contributed by atoms with Crippen molar-refractivity contribution in [2.24, 2.45) is 5.73 Å². The molecule has 0 radical (unpaired) electrons. The Kier molecular flexibility index (Phi) is 9.54. The van der Waals surface area contributed by atoms with Crippen LogP contribution < -0.4 is 11.1 Å². The average molecular weight is 320 g/mol. The summed E-state index contributed by atoms with van der Waals surface area (Å²) in [6.45, 7) is 7.86. The minimum absolute atomic E-state index is 0.376. The summed E-state index contributed by atoms with van der Waals surface area (Å²) in [5.74, 6) is -0.376. The van der Waals surface area contributed by atoms with Gasteiger partial charge in [-0.1, -0.05) is 38.1 Å². The summed E-state index contributed by atoms with van der Waals surface area (Å²) in [7, 11) is 1.78. The van der Waals surface area contributed by atoms with E-state index in [0.717, 1.165) is 27.3 Å². The third-order valence-electron chi connectivity index (χ3n) is 2.66. The zero-order valence-corrected chi connectivity index (χ0v) is 14.6. The summed E-state index contributed by atoms with van der Waals surface area (Å²) >= 11 is 1.53. The Morgan fingerprint density at radius 3 is 2.18 bits per heavy atom. The van der Waals surface area contributed by atoms with Crippen LogP contribution in [0.1, 0.15) is 45.0 Å². The van der Waals surface area contributed by atoms with Crippen molar-refractivity contribution in [3.63, 3.8) is 0 Å². The zero-order chi connectivity index (χ0) is 17.1. The number of anilines is 1. The molecule has 3 N–H and O–H groups in total. The highest BCUT2D eigenvalue weighted by atomic mass is 32.1. The maximum Gasteiger partial charge on any atom is 0.251 e. The predicted octanol–water partition coefficient (Wildman–Crippen LogP) is 4.03. The predicted molar refractivity (Wildman–Crippen MR) is 95.0 cm³/mol. The largest absolute Gasteiger partial charge is 0.379 e. The van der Waals surface area contributed by atoms with Crippen molar-refractivity contribution in [3.8, 4) is 0 Å². The van der Waals surface area contributed by atoms with Gasteiger partial charge in [-0.2, -0.15) is 0 Å². The molecule has 0 aliphatic rings. The van der Waals surface area contributed by atoms with Crippen molar-refractivity contribution >= 4 is 28.5 Å². The molecule has 0 bridgehead atoms. The molecule has 0 atom stereocenters. The van der Waals surface area contributed by atoms with E-state index >= 15 is 0 Å². The van der Waals surface area contributed by atoms with Crippen molar-refractivity contribution in [1.29, 1.82) is 0 Å². The Balaban J connectivity index is 0.000000366. The molecule has 0 fully saturated rings. The van der Waals surface area contributed by atoms with Gasteiger partial charge in [0.25, 0.3) is 5.91 Å². The molecular formula is C17H24N2O2S. The lowest BCUT2D eigenvalue weighted by atomic mass is 10.1. The molecule has 1 heterocycles. The number of carbonyl (C=O) groups is 2. The van der Waals surface area contributed by atoms with Crippen molar-refractivity contribution in [1.82, 2.24) is 0 Å². The number of hydrogen-bond acceptors (Lipinski definition) is 4. The van der Waals surface area contributed by atoms with Crippen LogP contribution in [0.2, 0.25) is 0 Å². The van der Waals surface area contributed by atoms with Gasteiger partial charge in [0, 0.05) is 17.5 Å². The molecule has 0 unspecified atom stereocenters. The van der Waals surface area contributed by atoms with E-state index < -0.39 is 0 Å². The summed E-state index contributed by atoms with van der Waals surface area (Å²) in [6.07, 6.45) is 0.870. The zero-order valence-electron chi connectivity index (χ0n) is 13.8. The van der Waals surface area contributed by atoms with E-state index in [-0.39, 0.29) is 5.91 Å². The van der Waals surface area contributed by atoms with Crippen molar-refractivity contribution in [3.05, 3.63) is 51.9 Å². The fourth-order valence-corrected chi connectivity index (χ4v) is 2.47. The minimum atomic E-state index is -0.376. The first kappa shape index (κ1) is 19.9. The Labute approximate surface area is 136 Å². The van der Waals surface area contributed by atoms with E-state index in [0.29, 0.717) is 5.56 Å². The van der Waals surface area contributed by atoms with Gasteiger partial charge in [-0.25, -0.2) is 0 Å². The number of aldehydes is 1. The molecule has 22 heavy (non-hydrogen) atoms. The summed E-state index contributed by atoms with van der Waals surface area (Å²) in [4.78, 5) is 22.1. The second kappa shape index (κ2) is 10.6. The van der Waals surface area contributed by atoms with Gasteiger partial charge in [-0.3, -0.25) is 9.59 Å². The summed E-state index contributed by atoms with van der Waals surface area (Å²) in [6, 6.07) is 9.30. The maximum absolute atomic E-state index is 10.8. The third kappa shape index (κ3) is 6.10. The summed E-state index contributed by atoms with van der Waals surface area (Å²) < 4.78 is 0. The highest BCUT2D eigenvalue weighted by Crippen LogP contribution is 2.26. The SMILES string of the molecule is CC.CNc1sc(C)cc1C(N)=O.Cc1ccccc1C=O. The number of nitrogens with two attached hydrogens (primary N) is 1. The number of benzene rings is 1. The van der Waals surface area contributed by atoms with Gasteiger partial charge in [0.2, 0.25) is 0 Å². The van der Waals surface area contributed by atoms with E-state index in [4.69, 9.17) is 5.73 Å². The first-order chi connectivity index (χ1) is 10.5. The second-order valence-electron chi connectivity index (χ2n) is 4.19. The molecule has 0 saturated heterocycles. The van der Waals surface area contributed by atoms with Crippen LogP contribution in [-0.2, 0) is 0 Å². The fraction of sp³-hybridized carbons (Fsp3) is 0.294. The van der Waals surface area contributed by atoms with Crippen LogP contribution in [0.4, 0.5) is 5.00 Å². The molecular weight excluding hydrogens is 296 g/mol. The van der Waals surface area contributed by atoms with Gasteiger partial charge < -0.3 is 11.1 Å². The van der Waals surface area contributed by atoms with Gasteiger partial charge in [-0.15, -0.1) is 11.3 Å². The molecule has 1 aromatic carbocycles. The van der Waals surface area contributed by atoms with Gasteiger partial charge in [0.05, 0.1) is 5.56 Å². The topological polar surface area (TPSA) is 72.2 Å². The number of primary amides is 1. The van der Waals surface area contributed by atoms with Crippen LogP contribution in [0.3, 0.4) is 0 Å². The Bertz CT molecular complexity index is 606. The summed E-state index contributed by atoms with van der Waals surface area (Å²) in [5.41, 5.74) is 7.52. The molecule has 0 aliphatic carbocycles. The lowest BCUT2D eigenvalue weighted by molar-refractivity contribution is 0.100. The number of aryl methyl sites for hydroxylation is 2. The summed E-state index contributed by atoms with van der Waals surface area (Å²) in [5, 5.41) is 3.76. The second-order valence-corrected chi connectivity index (χ2v) is 5.44. The van der Waals surface area contributed by atoms with Crippen molar-refractivity contribution in [2.75, 3.05) is 12.4 Å². The van der Waals surface area contributed by atoms with E-state index in [1.54, 1.807) is 13.1 Å². The van der Waals surface area contributed by atoms with Gasteiger partial charge >= 0.3 is 0 Å². The molecule has 0 spiro atoms. The standard InChI is InChI=1S/C8H8O.C7H10N2OS.C2H6/c1-7-4-2-3-5-8(7)6-9;1-4-3-5(6(8)10)7(9-2)11-4;1-2/h2-6H,1H3;3,9H,1-2H3,(H2,8,10);1-2H3. The molecule has 0 aliphatic heterocycles. The normalized spacial score (nSPS) is 8.77. The van der Waals surface area contributed by atoms with Crippen LogP contribution in [0.15, 0.2) is 30.3 Å². The lowest BCUT2D eigenvalue weighted by Gasteiger charge is -1.95. The van der Waals surface area contributed by atoms with E-state index in [1.807, 2.05) is 52.0 Å². The van der Waals surface area contributed by atoms with Crippen molar-refractivity contribution in [2.45, 2.75) is 27.7 Å². The van der Waals surface area contributed by atoms with Crippen LogP contribution in [0.25, 0.3) is 0 Å². The lowest BCUT2D eigenvalue weighted by Crippen LogP contribution is -2.11. The molecule has 1 amide bonds. The Hall–Kier alpha value is -2.14. The van der Waals surface area contributed by atoms with E-state index in [1.165, 1.54) is 11.3 Å². The van der Waals surface area contributed by atoms with Crippen LogP contribution in [0.5, 0.6) is 0 Å². The minimum Gasteiger partial charge on any atom is -0.379 e. The maximum atomic E-state index is 10.8.